The Balaban J connectivity index is 1.69. The molecule has 0 radical (unpaired) electrons. The molecule has 3 N–H and O–H groups in total. The number of nitrogens with one attached hydrogen (secondary N) is 2. The van der Waals surface area contributed by atoms with Crippen molar-refractivity contribution in [2.75, 3.05) is 18.5 Å². The molecule has 1 amide bonds. The van der Waals surface area contributed by atoms with Gasteiger partial charge in [0.1, 0.15) is 5.82 Å². The molecule has 0 spiro atoms. The van der Waals surface area contributed by atoms with E-state index in [1.807, 2.05) is 25.1 Å². The van der Waals surface area contributed by atoms with Crippen LogP contribution in [0.3, 0.4) is 0 Å². The number of hydrogen-bond acceptors (Lipinski definition) is 4. The van der Waals surface area contributed by atoms with Crippen LogP contribution in [0.4, 0.5) is 15.8 Å². The molecule has 2 aromatic carbocycles. The lowest BCUT2D eigenvalue weighted by molar-refractivity contribution is 0.0248. The lowest BCUT2D eigenvalue weighted by atomic mass is 10.1. The first-order valence-corrected chi connectivity index (χ1v) is 9.41. The lowest BCUT2D eigenvalue weighted by Crippen LogP contribution is -2.25. The number of hydrogen-bond donors (Lipinski definition) is 3. The van der Waals surface area contributed by atoms with E-state index in [9.17, 15) is 9.18 Å². The second kappa shape index (κ2) is 8.32. The quantitative estimate of drug-likeness (QED) is 0.426. The van der Waals surface area contributed by atoms with Gasteiger partial charge in [-0.2, -0.15) is 0 Å². The van der Waals surface area contributed by atoms with Crippen LogP contribution in [0.15, 0.2) is 36.4 Å². The predicted molar refractivity (Wildman–Crippen MR) is 106 cm³/mol. The van der Waals surface area contributed by atoms with Gasteiger partial charge in [0.15, 0.2) is 0 Å². The van der Waals surface area contributed by atoms with Crippen molar-refractivity contribution in [1.29, 1.82) is 0 Å². The molecule has 138 valence electrons. The average molecular weight is 470 g/mol. The Morgan fingerprint density at radius 2 is 2.08 bits per heavy atom. The third kappa shape index (κ3) is 4.72. The number of halogens is 2. The number of aliphatic hydroxyl groups is 1. The van der Waals surface area contributed by atoms with Gasteiger partial charge in [0.05, 0.1) is 17.9 Å². The van der Waals surface area contributed by atoms with Crippen molar-refractivity contribution in [3.05, 3.63) is 56.9 Å². The Kier molecular flexibility index (Phi) is 6.10. The van der Waals surface area contributed by atoms with Crippen LogP contribution < -0.4 is 10.8 Å². The van der Waals surface area contributed by atoms with Gasteiger partial charge in [0.2, 0.25) is 0 Å². The van der Waals surface area contributed by atoms with Gasteiger partial charge >= 0.3 is 0 Å². The number of carbonyl (C=O) groups excluding carboxylic acids is 1. The Bertz CT molecular complexity index is 815. The number of aliphatic hydroxyl groups excluding tert-OH is 1. The maximum atomic E-state index is 13.7. The highest BCUT2D eigenvalue weighted by Crippen LogP contribution is 2.37. The molecule has 26 heavy (non-hydrogen) atoms. The van der Waals surface area contributed by atoms with Crippen molar-refractivity contribution in [2.45, 2.75) is 13.3 Å². The first-order chi connectivity index (χ1) is 12.5. The van der Waals surface area contributed by atoms with E-state index in [1.54, 1.807) is 0 Å². The highest BCUT2D eigenvalue weighted by molar-refractivity contribution is 14.1. The van der Waals surface area contributed by atoms with Gasteiger partial charge in [0.25, 0.3) is 5.91 Å². The molecule has 2 aromatic rings. The molecule has 1 aliphatic carbocycles. The van der Waals surface area contributed by atoms with Gasteiger partial charge in [0, 0.05) is 15.9 Å². The summed E-state index contributed by atoms with van der Waals surface area (Å²) in [5, 5.41) is 12.1. The minimum Gasteiger partial charge on any atom is -0.396 e. The zero-order valence-corrected chi connectivity index (χ0v) is 16.4. The van der Waals surface area contributed by atoms with Crippen molar-refractivity contribution in [2.24, 2.45) is 11.8 Å². The summed E-state index contributed by atoms with van der Waals surface area (Å²) in [6.07, 6.45) is 0.905. The van der Waals surface area contributed by atoms with E-state index in [0.29, 0.717) is 17.9 Å². The smallest absolute Gasteiger partial charge is 0.276 e. The fraction of sp³-hybridized carbons (Fsp3) is 0.316. The molecule has 0 saturated heterocycles. The predicted octanol–water partition coefficient (Wildman–Crippen LogP) is 3.77. The second-order valence-corrected chi connectivity index (χ2v) is 7.70. The topological polar surface area (TPSA) is 70.6 Å². The summed E-state index contributed by atoms with van der Waals surface area (Å²) < 4.78 is 14.8. The molecule has 3 rings (SSSR count). The first-order valence-electron chi connectivity index (χ1n) is 8.33. The normalized spacial score (nSPS) is 18.5. The summed E-state index contributed by atoms with van der Waals surface area (Å²) in [5.74, 6) is -0.340. The molecule has 0 bridgehead atoms. The van der Waals surface area contributed by atoms with Crippen LogP contribution in [0.25, 0.3) is 0 Å². The van der Waals surface area contributed by atoms with Crippen molar-refractivity contribution >= 4 is 39.9 Å². The summed E-state index contributed by atoms with van der Waals surface area (Å²) in [4.78, 5) is 17.7. The zero-order chi connectivity index (χ0) is 18.7. The molecule has 1 saturated carbocycles. The monoisotopic (exact) mass is 470 g/mol. The van der Waals surface area contributed by atoms with Gasteiger partial charge in [-0.05, 0) is 89.7 Å². The summed E-state index contributed by atoms with van der Waals surface area (Å²) in [7, 11) is 0. The summed E-state index contributed by atoms with van der Waals surface area (Å²) >= 11 is 2.22. The number of amides is 1. The molecule has 1 aliphatic rings. The minimum atomic E-state index is -0.447. The Morgan fingerprint density at radius 3 is 2.77 bits per heavy atom. The summed E-state index contributed by atoms with van der Waals surface area (Å²) in [6, 6.07) is 9.77. The van der Waals surface area contributed by atoms with Crippen LogP contribution in [0, 0.1) is 28.1 Å². The molecule has 0 heterocycles. The molecule has 2 unspecified atom stereocenters. The number of benzene rings is 2. The minimum absolute atomic E-state index is 0.142. The van der Waals surface area contributed by atoms with Gasteiger partial charge < -0.3 is 10.4 Å². The van der Waals surface area contributed by atoms with Crippen LogP contribution >= 0.6 is 22.6 Å². The van der Waals surface area contributed by atoms with Crippen LogP contribution in [0.1, 0.15) is 22.3 Å². The van der Waals surface area contributed by atoms with Gasteiger partial charge in [-0.3, -0.25) is 9.63 Å². The van der Waals surface area contributed by atoms with Crippen LogP contribution in [-0.4, -0.2) is 24.2 Å². The van der Waals surface area contributed by atoms with Crippen molar-refractivity contribution in [3.8, 4) is 0 Å². The second-order valence-electron chi connectivity index (χ2n) is 6.45. The number of rotatable bonds is 7. The number of hydroxylamine groups is 1. The van der Waals surface area contributed by atoms with E-state index in [1.165, 1.54) is 18.2 Å². The van der Waals surface area contributed by atoms with Crippen LogP contribution in [0.2, 0.25) is 0 Å². The standard InChI is InChI=1S/C19H20FIN2O3/c1-11-6-15(21)3-5-17(11)22-18-8-14(20)2-4-16(18)19(25)23-26-10-13-7-12(13)9-24/h2-6,8,12-13,22,24H,7,9-10H2,1H3,(H,23,25). The van der Waals surface area contributed by atoms with E-state index in [-0.39, 0.29) is 18.4 Å². The Hall–Kier alpha value is -1.71. The van der Waals surface area contributed by atoms with E-state index >= 15 is 0 Å². The molecule has 5 nitrogen and oxygen atoms in total. The Labute approximate surface area is 165 Å². The van der Waals surface area contributed by atoms with Gasteiger partial charge in [-0.25, -0.2) is 9.87 Å². The van der Waals surface area contributed by atoms with Gasteiger partial charge in [-0.1, -0.05) is 0 Å². The fourth-order valence-electron chi connectivity index (χ4n) is 2.74. The fourth-order valence-corrected chi connectivity index (χ4v) is 3.38. The summed E-state index contributed by atoms with van der Waals surface area (Å²) in [6.45, 7) is 2.44. The van der Waals surface area contributed by atoms with Gasteiger partial charge in [-0.15, -0.1) is 0 Å². The average Bonchev–Trinajstić information content (AvgIpc) is 3.36. The van der Waals surface area contributed by atoms with E-state index in [2.05, 4.69) is 33.4 Å². The molecule has 7 heteroatoms. The van der Waals surface area contributed by atoms with E-state index in [0.717, 1.165) is 21.2 Å². The zero-order valence-electron chi connectivity index (χ0n) is 14.3. The van der Waals surface area contributed by atoms with Crippen molar-refractivity contribution in [1.82, 2.24) is 5.48 Å². The lowest BCUT2D eigenvalue weighted by Gasteiger charge is -2.14. The van der Waals surface area contributed by atoms with Crippen LogP contribution in [-0.2, 0) is 4.84 Å². The first kappa shape index (κ1) is 19.1. The SMILES string of the molecule is Cc1cc(I)ccc1Nc1cc(F)ccc1C(=O)NOCC1CC1CO. The molecular formula is C19H20FIN2O3. The number of carbonyl (C=O) groups is 1. The van der Waals surface area contributed by atoms with Crippen molar-refractivity contribution < 1.29 is 19.1 Å². The molecule has 0 aliphatic heterocycles. The van der Waals surface area contributed by atoms with Crippen molar-refractivity contribution in [3.63, 3.8) is 0 Å². The highest BCUT2D eigenvalue weighted by atomic mass is 127. The van der Waals surface area contributed by atoms with E-state index < -0.39 is 11.7 Å². The summed E-state index contributed by atoms with van der Waals surface area (Å²) in [5.41, 5.74) is 4.85. The maximum absolute atomic E-state index is 13.7. The molecule has 1 fully saturated rings. The molecule has 2 atom stereocenters. The van der Waals surface area contributed by atoms with E-state index in [4.69, 9.17) is 9.94 Å². The highest BCUT2D eigenvalue weighted by Gasteiger charge is 2.36. The number of aryl methyl sites for hydroxylation is 1. The third-order valence-corrected chi connectivity index (χ3v) is 5.12. The third-order valence-electron chi connectivity index (χ3n) is 4.45. The maximum Gasteiger partial charge on any atom is 0.276 e. The largest absolute Gasteiger partial charge is 0.396 e. The molecular weight excluding hydrogens is 450 g/mol. The number of anilines is 2. The Morgan fingerprint density at radius 1 is 1.27 bits per heavy atom. The van der Waals surface area contributed by atoms with Crippen LogP contribution in [0.5, 0.6) is 0 Å². The molecule has 0 aromatic heterocycles.